The Hall–Kier alpha value is 1.76. The number of hydrogen-bond acceptors (Lipinski definition) is 4. The molecule has 0 saturated carbocycles. The van der Waals surface area contributed by atoms with E-state index in [0.29, 0.717) is 10.7 Å². The van der Waals surface area contributed by atoms with Crippen molar-refractivity contribution in [3.63, 3.8) is 0 Å². The number of aliphatic hydroxyl groups is 4. The fraction of sp³-hybridized carbons (Fsp3) is 1.00. The summed E-state index contributed by atoms with van der Waals surface area (Å²) in [6, 6.07) is 0. The molecule has 0 aliphatic carbocycles. The molecule has 0 aliphatic rings. The summed E-state index contributed by atoms with van der Waals surface area (Å²) in [5.74, 6) is 0. The maximum absolute atomic E-state index is 8.99. The van der Waals surface area contributed by atoms with Crippen LogP contribution in [0.25, 0.3) is 0 Å². The molecule has 0 spiro atoms. The van der Waals surface area contributed by atoms with Crippen molar-refractivity contribution in [3.05, 3.63) is 0 Å². The Morgan fingerprint density at radius 1 is 0.667 bits per heavy atom. The van der Waals surface area contributed by atoms with Crippen molar-refractivity contribution in [3.8, 4) is 0 Å². The van der Waals surface area contributed by atoms with Crippen LogP contribution in [0.1, 0.15) is 27.7 Å². The number of halogens is 4. The lowest BCUT2D eigenvalue weighted by molar-refractivity contribution is -0.139. The van der Waals surface area contributed by atoms with Gasteiger partial charge >= 0.3 is 0 Å². The van der Waals surface area contributed by atoms with Gasteiger partial charge < -0.3 is 20.4 Å². The first-order chi connectivity index (χ1) is 7.62. The normalized spacial score (nSPS) is 14.0. The molecule has 0 aromatic rings. The Morgan fingerprint density at radius 2 is 0.833 bits per heavy atom. The van der Waals surface area contributed by atoms with E-state index >= 15 is 0 Å². The van der Waals surface area contributed by atoms with Crippen molar-refractivity contribution in [2.24, 2.45) is 10.8 Å². The quantitative estimate of drug-likeness (QED) is 0.337. The van der Waals surface area contributed by atoms with E-state index in [0.717, 1.165) is 0 Å². The molecule has 0 amide bonds. The summed E-state index contributed by atoms with van der Waals surface area (Å²) in [5.41, 5.74) is -1.15. The second-order valence-corrected chi connectivity index (χ2v) is 8.54. The molecule has 0 aromatic heterocycles. The molecule has 112 valence electrons. The van der Waals surface area contributed by atoms with Crippen LogP contribution < -0.4 is 0 Å². The summed E-state index contributed by atoms with van der Waals surface area (Å²) in [4.78, 5) is 0. The van der Waals surface area contributed by atoms with Crippen LogP contribution in [0.2, 0.25) is 0 Å². The third-order valence-electron chi connectivity index (χ3n) is 2.39. The first kappa shape index (κ1) is 22.0. The van der Waals surface area contributed by atoms with Gasteiger partial charge in [0.1, 0.15) is 0 Å². The van der Waals surface area contributed by atoms with E-state index in [-0.39, 0.29) is 0 Å². The predicted molar refractivity (Wildman–Crippen MR) is 87.3 cm³/mol. The molecule has 0 aromatic carbocycles. The molecule has 4 N–H and O–H groups in total. The molecular weight excluding hydrogens is 504 g/mol. The largest absolute Gasteiger partial charge is 0.357 e. The van der Waals surface area contributed by atoms with E-state index in [1.54, 1.807) is 27.7 Å². The summed E-state index contributed by atoms with van der Waals surface area (Å²) >= 11 is 11.8. The predicted octanol–water partition coefficient (Wildman–Crippen LogP) is 2.88. The van der Waals surface area contributed by atoms with Crippen molar-refractivity contribution in [1.29, 1.82) is 0 Å². The lowest BCUT2D eigenvalue weighted by Crippen LogP contribution is -2.39. The minimum Gasteiger partial charge on any atom is -0.357 e. The van der Waals surface area contributed by atoms with Crippen LogP contribution in [0.4, 0.5) is 0 Å². The summed E-state index contributed by atoms with van der Waals surface area (Å²) in [7, 11) is 0. The van der Waals surface area contributed by atoms with Crippen LogP contribution in [-0.4, -0.2) is 40.5 Å². The molecule has 0 atom stereocenters. The fourth-order valence-corrected chi connectivity index (χ4v) is 1.98. The van der Waals surface area contributed by atoms with Gasteiger partial charge in [0.2, 0.25) is 9.39 Å². The van der Waals surface area contributed by atoms with Crippen molar-refractivity contribution < 1.29 is 20.4 Å². The Morgan fingerprint density at radius 3 is 0.833 bits per heavy atom. The van der Waals surface area contributed by atoms with Crippen LogP contribution >= 0.6 is 63.7 Å². The van der Waals surface area contributed by atoms with Gasteiger partial charge in [0, 0.05) is 21.5 Å². The molecule has 0 unspecified atom stereocenters. The number of alkyl halides is 4. The van der Waals surface area contributed by atoms with Gasteiger partial charge in [-0.2, -0.15) is 0 Å². The third-order valence-corrected chi connectivity index (χ3v) is 7.34. The van der Waals surface area contributed by atoms with E-state index in [9.17, 15) is 0 Å². The molecule has 8 heteroatoms. The molecule has 0 heterocycles. The first-order valence-corrected chi connectivity index (χ1v) is 8.84. The van der Waals surface area contributed by atoms with E-state index in [1.807, 2.05) is 0 Å². The van der Waals surface area contributed by atoms with Crippen molar-refractivity contribution in [1.82, 2.24) is 0 Å². The Labute approximate surface area is 142 Å². The number of rotatable bonds is 4. The molecular formula is C10H20Br4O4. The van der Waals surface area contributed by atoms with Crippen LogP contribution in [0.3, 0.4) is 0 Å². The summed E-state index contributed by atoms with van der Waals surface area (Å²) in [6.07, 6.45) is 0. The van der Waals surface area contributed by atoms with Crippen LogP contribution in [-0.2, 0) is 0 Å². The highest BCUT2D eigenvalue weighted by molar-refractivity contribution is 9.10. The zero-order valence-electron chi connectivity index (χ0n) is 10.7. The Balaban J connectivity index is 0. The van der Waals surface area contributed by atoms with Gasteiger partial charge in [0.05, 0.1) is 0 Å². The van der Waals surface area contributed by atoms with Crippen molar-refractivity contribution in [2.45, 2.75) is 37.1 Å². The van der Waals surface area contributed by atoms with Gasteiger partial charge in [0.15, 0.2) is 0 Å². The van der Waals surface area contributed by atoms with Crippen LogP contribution in [0, 0.1) is 10.8 Å². The zero-order chi connectivity index (χ0) is 15.4. The van der Waals surface area contributed by atoms with Gasteiger partial charge in [-0.1, -0.05) is 59.6 Å². The minimum atomic E-state index is -1.79. The Kier molecular flexibility index (Phi) is 9.41. The molecule has 0 rings (SSSR count). The highest BCUT2D eigenvalue weighted by Gasteiger charge is 2.39. The average Bonchev–Trinajstić information content (AvgIpc) is 2.15. The smallest absolute Gasteiger partial charge is 0.227 e. The average molecular weight is 524 g/mol. The highest BCUT2D eigenvalue weighted by atomic mass is 79.9. The summed E-state index contributed by atoms with van der Waals surface area (Å²) in [5, 5.41) is 37.0. The molecule has 0 saturated heterocycles. The Bertz CT molecular complexity index is 217. The summed E-state index contributed by atoms with van der Waals surface area (Å²) < 4.78 is -3.58. The second kappa shape index (κ2) is 7.68. The standard InChI is InChI=1S/2C5H10Br2O2/c2*1-4(2,3-6)5(7,8)9/h2*8-9H,3H2,1-2H3. The highest BCUT2D eigenvalue weighted by Crippen LogP contribution is 2.35. The van der Waals surface area contributed by atoms with Gasteiger partial charge in [-0.15, -0.1) is 0 Å². The molecule has 0 radical (unpaired) electrons. The lowest BCUT2D eigenvalue weighted by atomic mass is 9.96. The molecule has 4 nitrogen and oxygen atoms in total. The molecule has 18 heavy (non-hydrogen) atoms. The van der Waals surface area contributed by atoms with Gasteiger partial charge in [0.25, 0.3) is 0 Å². The second-order valence-electron chi connectivity index (χ2n) is 5.21. The molecule has 0 bridgehead atoms. The maximum Gasteiger partial charge on any atom is 0.227 e. The molecule has 0 fully saturated rings. The van der Waals surface area contributed by atoms with E-state index < -0.39 is 20.2 Å². The lowest BCUT2D eigenvalue weighted by Gasteiger charge is -2.31. The van der Waals surface area contributed by atoms with Crippen LogP contribution in [0.15, 0.2) is 0 Å². The third kappa shape index (κ3) is 7.52. The van der Waals surface area contributed by atoms with Gasteiger partial charge in [-0.25, -0.2) is 0 Å². The fourth-order valence-electron chi connectivity index (χ4n) is 0.170. The number of hydrogen-bond donors (Lipinski definition) is 4. The van der Waals surface area contributed by atoms with E-state index in [1.165, 1.54) is 0 Å². The van der Waals surface area contributed by atoms with Crippen LogP contribution in [0.5, 0.6) is 0 Å². The first-order valence-electron chi connectivity index (χ1n) is 5.01. The van der Waals surface area contributed by atoms with Gasteiger partial charge in [-0.05, 0) is 31.9 Å². The summed E-state index contributed by atoms with van der Waals surface area (Å²) in [6.45, 7) is 6.93. The van der Waals surface area contributed by atoms with Crippen molar-refractivity contribution in [2.75, 3.05) is 10.7 Å². The topological polar surface area (TPSA) is 80.9 Å². The van der Waals surface area contributed by atoms with E-state index in [4.69, 9.17) is 20.4 Å². The van der Waals surface area contributed by atoms with Crippen molar-refractivity contribution >= 4 is 63.7 Å². The maximum atomic E-state index is 8.99. The van der Waals surface area contributed by atoms with Gasteiger partial charge in [-0.3, -0.25) is 0 Å². The minimum absolute atomic E-state index is 0.526. The SMILES string of the molecule is CC(C)(CBr)C(O)(O)Br.CC(C)(CBr)C(O)(O)Br. The van der Waals surface area contributed by atoms with E-state index in [2.05, 4.69) is 63.7 Å². The molecule has 0 aliphatic heterocycles. The zero-order valence-corrected chi connectivity index (χ0v) is 17.1. The monoisotopic (exact) mass is 520 g/mol.